The highest BCUT2D eigenvalue weighted by atomic mass is 15.3. The summed E-state index contributed by atoms with van der Waals surface area (Å²) in [5.41, 5.74) is 5.96. The van der Waals surface area contributed by atoms with Gasteiger partial charge in [-0.05, 0) is 32.6 Å². The van der Waals surface area contributed by atoms with Gasteiger partial charge in [-0.2, -0.15) is 4.98 Å². The topological polar surface area (TPSA) is 81.6 Å². The number of imidazole rings is 1. The van der Waals surface area contributed by atoms with Crippen LogP contribution in [-0.2, 0) is 12.8 Å². The maximum Gasteiger partial charge on any atom is 0.239 e. The summed E-state index contributed by atoms with van der Waals surface area (Å²) >= 11 is 0. The van der Waals surface area contributed by atoms with Crippen molar-refractivity contribution >= 4 is 5.95 Å². The molecule has 0 aromatic carbocycles. The third kappa shape index (κ3) is 1.74. The van der Waals surface area contributed by atoms with Gasteiger partial charge in [0.25, 0.3) is 0 Å². The van der Waals surface area contributed by atoms with Crippen molar-refractivity contribution in [1.82, 2.24) is 19.5 Å². The number of anilines is 1. The first kappa shape index (κ1) is 11.2. The fraction of sp³-hybridized carbons (Fsp3) is 0.417. The molecule has 94 valence electrons. The van der Waals surface area contributed by atoms with Crippen LogP contribution in [0.4, 0.5) is 5.95 Å². The summed E-state index contributed by atoms with van der Waals surface area (Å²) in [5, 5.41) is 0. The van der Waals surface area contributed by atoms with Gasteiger partial charge in [0.15, 0.2) is 0 Å². The van der Waals surface area contributed by atoms with Gasteiger partial charge in [0, 0.05) is 17.5 Å². The largest absolute Gasteiger partial charge is 0.292 e. The highest BCUT2D eigenvalue weighted by molar-refractivity contribution is 5.40. The lowest BCUT2D eigenvalue weighted by atomic mass is 10.0. The van der Waals surface area contributed by atoms with E-state index in [1.165, 1.54) is 24.2 Å². The van der Waals surface area contributed by atoms with Crippen molar-refractivity contribution in [3.05, 3.63) is 29.5 Å². The van der Waals surface area contributed by atoms with Crippen molar-refractivity contribution in [3.8, 4) is 5.82 Å². The first-order chi connectivity index (χ1) is 8.79. The van der Waals surface area contributed by atoms with E-state index in [4.69, 9.17) is 5.84 Å². The Balaban J connectivity index is 2.11. The molecule has 3 N–H and O–H groups in total. The Morgan fingerprint density at radius 1 is 1.28 bits per heavy atom. The first-order valence-electron chi connectivity index (χ1n) is 6.15. The van der Waals surface area contributed by atoms with E-state index in [1.54, 1.807) is 6.20 Å². The van der Waals surface area contributed by atoms with Crippen LogP contribution in [0, 0.1) is 6.92 Å². The Morgan fingerprint density at radius 2 is 2.11 bits per heavy atom. The molecule has 2 aromatic rings. The quantitative estimate of drug-likeness (QED) is 0.611. The number of aromatic nitrogens is 4. The molecule has 0 bridgehead atoms. The van der Waals surface area contributed by atoms with Crippen LogP contribution in [0.3, 0.4) is 0 Å². The van der Waals surface area contributed by atoms with E-state index in [0.29, 0.717) is 5.95 Å². The molecular weight excluding hydrogens is 228 g/mol. The molecule has 3 rings (SSSR count). The SMILES string of the molecule is Cc1cnc(NN)nc1-n1cnc2c1CCCC2. The predicted octanol–water partition coefficient (Wildman–Crippen LogP) is 1.14. The van der Waals surface area contributed by atoms with E-state index in [0.717, 1.165) is 24.2 Å². The van der Waals surface area contributed by atoms with Crippen LogP contribution in [0.5, 0.6) is 0 Å². The van der Waals surface area contributed by atoms with E-state index in [9.17, 15) is 0 Å². The normalized spacial score (nSPS) is 14.3. The molecule has 18 heavy (non-hydrogen) atoms. The average molecular weight is 244 g/mol. The van der Waals surface area contributed by atoms with E-state index in [-0.39, 0.29) is 0 Å². The van der Waals surface area contributed by atoms with Crippen molar-refractivity contribution in [2.45, 2.75) is 32.6 Å². The van der Waals surface area contributed by atoms with Crippen molar-refractivity contribution < 1.29 is 0 Å². The van der Waals surface area contributed by atoms with Crippen molar-refractivity contribution in [1.29, 1.82) is 0 Å². The fourth-order valence-corrected chi connectivity index (χ4v) is 2.40. The minimum Gasteiger partial charge on any atom is -0.292 e. The maximum atomic E-state index is 5.36. The number of aryl methyl sites for hydroxylation is 2. The molecule has 2 heterocycles. The van der Waals surface area contributed by atoms with Gasteiger partial charge in [0.1, 0.15) is 12.1 Å². The van der Waals surface area contributed by atoms with Crippen LogP contribution in [0.1, 0.15) is 29.8 Å². The molecule has 0 aliphatic heterocycles. The number of nitrogens with zero attached hydrogens (tertiary/aromatic N) is 4. The van der Waals surface area contributed by atoms with Crippen molar-refractivity contribution in [2.24, 2.45) is 5.84 Å². The van der Waals surface area contributed by atoms with E-state index < -0.39 is 0 Å². The van der Waals surface area contributed by atoms with E-state index >= 15 is 0 Å². The highest BCUT2D eigenvalue weighted by Gasteiger charge is 2.18. The maximum absolute atomic E-state index is 5.36. The van der Waals surface area contributed by atoms with Gasteiger partial charge >= 0.3 is 0 Å². The monoisotopic (exact) mass is 244 g/mol. The van der Waals surface area contributed by atoms with Crippen molar-refractivity contribution in [2.75, 3.05) is 5.43 Å². The van der Waals surface area contributed by atoms with Crippen LogP contribution in [0.25, 0.3) is 5.82 Å². The lowest BCUT2D eigenvalue weighted by Gasteiger charge is -2.15. The third-order valence-electron chi connectivity index (χ3n) is 3.33. The highest BCUT2D eigenvalue weighted by Crippen LogP contribution is 2.23. The third-order valence-corrected chi connectivity index (χ3v) is 3.33. The van der Waals surface area contributed by atoms with Crippen LogP contribution >= 0.6 is 0 Å². The van der Waals surface area contributed by atoms with Gasteiger partial charge < -0.3 is 0 Å². The minimum absolute atomic E-state index is 0.425. The molecule has 0 saturated heterocycles. The molecule has 0 radical (unpaired) electrons. The summed E-state index contributed by atoms with van der Waals surface area (Å²) in [6.07, 6.45) is 8.18. The lowest BCUT2D eigenvalue weighted by Crippen LogP contribution is -2.14. The Hall–Kier alpha value is -1.95. The van der Waals surface area contributed by atoms with E-state index in [2.05, 4.69) is 24.9 Å². The molecule has 1 aliphatic rings. The summed E-state index contributed by atoms with van der Waals surface area (Å²) in [5.74, 6) is 6.64. The zero-order chi connectivity index (χ0) is 12.5. The van der Waals surface area contributed by atoms with Crippen molar-refractivity contribution in [3.63, 3.8) is 0 Å². The summed E-state index contributed by atoms with van der Waals surface area (Å²) in [4.78, 5) is 13.0. The fourth-order valence-electron chi connectivity index (χ4n) is 2.40. The molecule has 0 amide bonds. The number of hydrogen-bond acceptors (Lipinski definition) is 5. The molecule has 1 aliphatic carbocycles. The molecule has 6 nitrogen and oxygen atoms in total. The van der Waals surface area contributed by atoms with Crippen LogP contribution in [-0.4, -0.2) is 19.5 Å². The second-order valence-corrected chi connectivity index (χ2v) is 4.56. The molecule has 0 spiro atoms. The summed E-state index contributed by atoms with van der Waals surface area (Å²) in [6.45, 7) is 1.99. The summed E-state index contributed by atoms with van der Waals surface area (Å²) in [6, 6.07) is 0. The Morgan fingerprint density at radius 3 is 2.94 bits per heavy atom. The molecule has 2 aromatic heterocycles. The molecule has 0 fully saturated rings. The number of hydrazine groups is 1. The zero-order valence-electron chi connectivity index (χ0n) is 10.3. The zero-order valence-corrected chi connectivity index (χ0v) is 10.3. The summed E-state index contributed by atoms with van der Waals surface area (Å²) < 4.78 is 2.06. The van der Waals surface area contributed by atoms with Gasteiger partial charge in [0.2, 0.25) is 5.95 Å². The number of fused-ring (bicyclic) bond motifs is 1. The van der Waals surface area contributed by atoms with Gasteiger partial charge in [-0.3, -0.25) is 9.99 Å². The Bertz CT molecular complexity index is 574. The van der Waals surface area contributed by atoms with Crippen LogP contribution in [0.15, 0.2) is 12.5 Å². The number of nitrogen functional groups attached to an aromatic ring is 1. The second-order valence-electron chi connectivity index (χ2n) is 4.56. The number of nitrogens with one attached hydrogen (secondary N) is 1. The van der Waals surface area contributed by atoms with Gasteiger partial charge in [-0.15, -0.1) is 0 Å². The smallest absolute Gasteiger partial charge is 0.239 e. The van der Waals surface area contributed by atoms with Crippen LogP contribution < -0.4 is 11.3 Å². The number of nitrogens with two attached hydrogens (primary N) is 1. The second kappa shape index (κ2) is 4.38. The average Bonchev–Trinajstić information content (AvgIpc) is 2.83. The summed E-state index contributed by atoms with van der Waals surface area (Å²) in [7, 11) is 0. The molecule has 0 saturated carbocycles. The number of rotatable bonds is 2. The van der Waals surface area contributed by atoms with Gasteiger partial charge in [0.05, 0.1) is 5.69 Å². The molecule has 6 heteroatoms. The number of hydrogen-bond donors (Lipinski definition) is 2. The van der Waals surface area contributed by atoms with Gasteiger partial charge in [-0.25, -0.2) is 15.8 Å². The van der Waals surface area contributed by atoms with Gasteiger partial charge in [-0.1, -0.05) is 0 Å². The Kier molecular flexibility index (Phi) is 2.71. The minimum atomic E-state index is 0.425. The standard InChI is InChI=1S/C12H16N6/c1-8-6-14-12(17-13)16-11(8)18-7-15-9-4-2-3-5-10(9)18/h6-7H,2-5,13H2,1H3,(H,14,16,17). The first-order valence-corrected chi connectivity index (χ1v) is 6.15. The van der Waals surface area contributed by atoms with Crippen LogP contribution in [0.2, 0.25) is 0 Å². The molecule has 0 unspecified atom stereocenters. The van der Waals surface area contributed by atoms with E-state index in [1.807, 2.05) is 13.3 Å². The lowest BCUT2D eigenvalue weighted by molar-refractivity contribution is 0.653. The molecule has 0 atom stereocenters. The Labute approximate surface area is 105 Å². The molecular formula is C12H16N6. The predicted molar refractivity (Wildman–Crippen MR) is 68.3 cm³/mol.